The molecule has 1 aromatic heterocycles. The first-order chi connectivity index (χ1) is 22.1. The molecular weight excluding hydrogens is 581 g/mol. The van der Waals surface area contributed by atoms with Crippen LogP contribution in [0.5, 0.6) is 5.75 Å². The molecule has 4 N–H and O–H groups in total. The molecule has 1 fully saturated rings. The van der Waals surface area contributed by atoms with Gasteiger partial charge in [-0.25, -0.2) is 4.39 Å². The van der Waals surface area contributed by atoms with Gasteiger partial charge in [0, 0.05) is 17.2 Å². The molecule has 1 amide bonds. The van der Waals surface area contributed by atoms with Crippen LogP contribution in [-0.2, 0) is 16.1 Å². The van der Waals surface area contributed by atoms with Crippen LogP contribution >= 0.6 is 0 Å². The lowest BCUT2D eigenvalue weighted by atomic mass is 9.86. The number of hydrogen-bond acceptors (Lipinski definition) is 6. The fraction of sp³-hybridized carbons (Fsp3) is 0.526. The number of pyridine rings is 1. The number of hydroxylamine groups is 1. The molecule has 0 bridgehead atoms. The smallest absolute Gasteiger partial charge is 0.204 e. The maximum absolute atomic E-state index is 15.2. The molecule has 1 saturated heterocycles. The van der Waals surface area contributed by atoms with Crippen molar-refractivity contribution in [3.8, 4) is 17.0 Å². The largest absolute Gasteiger partial charge is 0.491 e. The lowest BCUT2D eigenvalue weighted by molar-refractivity contribution is -0.106. The molecule has 2 unspecified atom stereocenters. The van der Waals surface area contributed by atoms with Crippen LogP contribution in [-0.4, -0.2) is 36.4 Å². The van der Waals surface area contributed by atoms with E-state index in [1.165, 1.54) is 11.1 Å². The van der Waals surface area contributed by atoms with E-state index in [-0.39, 0.29) is 24.8 Å². The summed E-state index contributed by atoms with van der Waals surface area (Å²) in [4.78, 5) is 18.0. The molecule has 7 nitrogen and oxygen atoms in total. The number of rotatable bonds is 11. The minimum atomic E-state index is -0.206. The Morgan fingerprint density at radius 1 is 1.04 bits per heavy atom. The molecule has 8 heteroatoms. The zero-order chi connectivity index (χ0) is 35.2. The van der Waals surface area contributed by atoms with Gasteiger partial charge in [0.15, 0.2) is 0 Å². The van der Waals surface area contributed by atoms with Crippen molar-refractivity contribution in [2.45, 2.75) is 114 Å². The minimum Gasteiger partial charge on any atom is -0.491 e. The molecule has 0 saturated carbocycles. The molecule has 4 rings (SSSR count). The number of primary amides is 1. The monoisotopic (exact) mass is 641 g/mol. The maximum atomic E-state index is 15.2. The van der Waals surface area contributed by atoms with Gasteiger partial charge in [-0.05, 0) is 111 Å². The van der Waals surface area contributed by atoms with Gasteiger partial charge in [0.05, 0.1) is 12.3 Å². The summed E-state index contributed by atoms with van der Waals surface area (Å²) in [7, 11) is 0. The topological polar surface area (TPSA) is 120 Å². The number of amides is 1. The van der Waals surface area contributed by atoms with Crippen LogP contribution < -0.4 is 16.0 Å². The Labute approximate surface area is 278 Å². The van der Waals surface area contributed by atoms with E-state index >= 15 is 4.39 Å². The average Bonchev–Trinajstić information content (AvgIpc) is 3.95. The minimum absolute atomic E-state index is 0.000803. The van der Waals surface area contributed by atoms with Gasteiger partial charge < -0.3 is 15.6 Å². The summed E-state index contributed by atoms with van der Waals surface area (Å²) in [6.07, 6.45) is 4.18. The van der Waals surface area contributed by atoms with E-state index in [0.717, 1.165) is 71.8 Å². The molecule has 2 aromatic carbocycles. The number of aromatic nitrogens is 1. The fourth-order valence-corrected chi connectivity index (χ4v) is 4.96. The van der Waals surface area contributed by atoms with Crippen LogP contribution in [0.1, 0.15) is 119 Å². The third-order valence-corrected chi connectivity index (χ3v) is 7.58. The van der Waals surface area contributed by atoms with Gasteiger partial charge in [0.2, 0.25) is 6.41 Å². The van der Waals surface area contributed by atoms with Crippen LogP contribution in [0.15, 0.2) is 36.4 Å². The van der Waals surface area contributed by atoms with E-state index in [0.29, 0.717) is 18.1 Å². The van der Waals surface area contributed by atoms with Crippen molar-refractivity contribution in [2.75, 3.05) is 19.9 Å². The van der Waals surface area contributed by atoms with Crippen molar-refractivity contribution in [2.24, 2.45) is 5.73 Å². The lowest BCUT2D eigenvalue weighted by Crippen LogP contribution is -2.11. The van der Waals surface area contributed by atoms with Crippen molar-refractivity contribution in [1.82, 2.24) is 10.5 Å². The molecule has 258 valence electrons. The molecule has 46 heavy (non-hydrogen) atoms. The number of carbonyl (C=O) groups excluding carboxylic acids is 1. The standard InChI is InChI=1S/C32H42FNO2.2C2H6.2CH3NO/c1-8-10-26(18-25-11-12-31(23(6)15-25)36-14-13-35)30-19-27(20(3)9-2)24(7)32(34-30)28-16-21(4)22(5)17-29(28)33;2*1-2;1-2-3-1;2-1-3/h11-12,15-17,19-20,26,35H,8-10,13-14,18H2,1-7H3;2*1-2H3;2H,1H2;1H,(H2,2,3). The summed E-state index contributed by atoms with van der Waals surface area (Å²) in [6, 6.07) is 12.1. The number of halogens is 1. The van der Waals surface area contributed by atoms with Crippen molar-refractivity contribution >= 4 is 6.41 Å². The van der Waals surface area contributed by atoms with Crippen LogP contribution in [0.4, 0.5) is 4.39 Å². The number of nitrogens with zero attached hydrogens (tertiary/aromatic N) is 1. The number of nitrogens with one attached hydrogen (secondary N) is 1. The molecule has 0 aliphatic carbocycles. The SMILES string of the molecule is C1NO1.CC.CC.CCCC(Cc1ccc(OCCO)c(C)c1)c1cc(C(C)CC)c(C)c(-c2cc(C)c(C)cc2F)n1.NC=O. The van der Waals surface area contributed by atoms with Gasteiger partial charge in [-0.2, -0.15) is 5.48 Å². The molecule has 2 heterocycles. The van der Waals surface area contributed by atoms with Crippen molar-refractivity contribution in [3.05, 3.63) is 81.3 Å². The summed E-state index contributed by atoms with van der Waals surface area (Å²) in [5.41, 5.74) is 15.7. The first kappa shape index (κ1) is 42.7. The highest BCUT2D eigenvalue weighted by atomic mass is 19.1. The maximum Gasteiger partial charge on any atom is 0.204 e. The fourth-order valence-electron chi connectivity index (χ4n) is 4.96. The molecule has 2 atom stereocenters. The van der Waals surface area contributed by atoms with Crippen LogP contribution in [0.25, 0.3) is 11.3 Å². The van der Waals surface area contributed by atoms with E-state index in [2.05, 4.69) is 61.9 Å². The first-order valence-corrected chi connectivity index (χ1v) is 16.7. The lowest BCUT2D eigenvalue weighted by Gasteiger charge is -2.23. The third kappa shape index (κ3) is 14.0. The first-order valence-electron chi connectivity index (χ1n) is 16.7. The van der Waals surface area contributed by atoms with E-state index in [1.807, 2.05) is 60.6 Å². The predicted octanol–water partition coefficient (Wildman–Crippen LogP) is 8.76. The van der Waals surface area contributed by atoms with Gasteiger partial charge in [-0.15, -0.1) is 0 Å². The molecular formula is C38H60FN3O4. The highest BCUT2D eigenvalue weighted by molar-refractivity contribution is 5.67. The zero-order valence-corrected chi connectivity index (χ0v) is 30.2. The summed E-state index contributed by atoms with van der Waals surface area (Å²) >= 11 is 0. The number of carbonyl (C=O) groups is 1. The second-order valence-electron chi connectivity index (χ2n) is 10.8. The number of hydrogen-bond donors (Lipinski definition) is 3. The highest BCUT2D eigenvalue weighted by Crippen LogP contribution is 2.36. The molecule has 1 aliphatic rings. The van der Waals surface area contributed by atoms with Crippen LogP contribution in [0, 0.1) is 33.5 Å². The Morgan fingerprint density at radius 2 is 1.63 bits per heavy atom. The number of aliphatic hydroxyl groups is 1. The molecule has 1 aliphatic heterocycles. The van der Waals surface area contributed by atoms with Gasteiger partial charge >= 0.3 is 0 Å². The third-order valence-electron chi connectivity index (χ3n) is 7.58. The number of benzene rings is 2. The molecule has 3 aromatic rings. The number of aryl methyl sites for hydroxylation is 3. The molecule has 0 radical (unpaired) electrons. The highest BCUT2D eigenvalue weighted by Gasteiger charge is 2.22. The van der Waals surface area contributed by atoms with E-state index in [9.17, 15) is 0 Å². The van der Waals surface area contributed by atoms with Gasteiger partial charge in [0.25, 0.3) is 0 Å². The van der Waals surface area contributed by atoms with Crippen molar-refractivity contribution in [3.63, 3.8) is 0 Å². The number of nitrogens with two attached hydrogens (primary N) is 1. The Balaban J connectivity index is 0.00000178. The van der Waals surface area contributed by atoms with Gasteiger partial charge in [-0.1, -0.05) is 67.0 Å². The average molecular weight is 642 g/mol. The van der Waals surface area contributed by atoms with Crippen LogP contribution in [0.3, 0.4) is 0 Å². The predicted molar refractivity (Wildman–Crippen MR) is 190 cm³/mol. The van der Waals surface area contributed by atoms with Crippen molar-refractivity contribution in [1.29, 1.82) is 0 Å². The van der Waals surface area contributed by atoms with E-state index in [4.69, 9.17) is 19.6 Å². The second kappa shape index (κ2) is 23.9. The quantitative estimate of drug-likeness (QED) is 0.142. The number of ether oxygens (including phenoxy) is 1. The van der Waals surface area contributed by atoms with Crippen LogP contribution in [0.2, 0.25) is 0 Å². The van der Waals surface area contributed by atoms with E-state index < -0.39 is 0 Å². The van der Waals surface area contributed by atoms with E-state index in [1.54, 1.807) is 6.07 Å². The summed E-state index contributed by atoms with van der Waals surface area (Å²) in [5.74, 6) is 1.20. The number of aliphatic hydroxyl groups excluding tert-OH is 1. The zero-order valence-electron chi connectivity index (χ0n) is 30.2. The molecule has 0 spiro atoms. The summed E-state index contributed by atoms with van der Waals surface area (Å²) in [5, 5.41) is 9.07. The Morgan fingerprint density at radius 3 is 2.13 bits per heavy atom. The van der Waals surface area contributed by atoms with Gasteiger partial charge in [0.1, 0.15) is 24.9 Å². The summed E-state index contributed by atoms with van der Waals surface area (Å²) in [6.45, 7) is 23.8. The Bertz CT molecular complexity index is 1290. The summed E-state index contributed by atoms with van der Waals surface area (Å²) < 4.78 is 20.9. The van der Waals surface area contributed by atoms with Crippen molar-refractivity contribution < 1.29 is 23.9 Å². The second-order valence-corrected chi connectivity index (χ2v) is 10.8. The Kier molecular flexibility index (Phi) is 22.2. The Hall–Kier alpha value is -3.33. The van der Waals surface area contributed by atoms with Gasteiger partial charge in [-0.3, -0.25) is 14.6 Å². The normalized spacial score (nSPS) is 12.3.